The van der Waals surface area contributed by atoms with Crippen molar-refractivity contribution in [3.8, 4) is 0 Å². The van der Waals surface area contributed by atoms with Gasteiger partial charge in [0.1, 0.15) is 12.6 Å². The van der Waals surface area contributed by atoms with Gasteiger partial charge in [-0.2, -0.15) is 13.2 Å². The Morgan fingerprint density at radius 2 is 1.80 bits per heavy atom. The molecule has 1 spiro atoms. The molecule has 7 nitrogen and oxygen atoms in total. The molecule has 0 radical (unpaired) electrons. The van der Waals surface area contributed by atoms with E-state index in [9.17, 15) is 22.8 Å². The monoisotopic (exact) mass is 492 g/mol. The molecule has 6 rings (SSSR count). The van der Waals surface area contributed by atoms with Crippen molar-refractivity contribution in [2.75, 3.05) is 44.2 Å². The molecule has 4 heterocycles. The fourth-order valence-corrected chi connectivity index (χ4v) is 6.81. The first kappa shape index (κ1) is 22.9. The highest BCUT2D eigenvalue weighted by molar-refractivity contribution is 5.79. The van der Waals surface area contributed by atoms with Gasteiger partial charge >= 0.3 is 12.2 Å². The molecular formula is C25H31F3N4O3. The van der Waals surface area contributed by atoms with Gasteiger partial charge in [0.2, 0.25) is 5.91 Å². The topological polar surface area (TPSA) is 65.1 Å². The average molecular weight is 493 g/mol. The molecule has 1 N–H and O–H groups in total. The van der Waals surface area contributed by atoms with E-state index in [-0.39, 0.29) is 42.5 Å². The largest absolute Gasteiger partial charge is 0.408 e. The molecule has 190 valence electrons. The highest BCUT2D eigenvalue weighted by Crippen LogP contribution is 2.56. The fraction of sp³-hybridized carbons (Fsp3) is 0.680. The Hall–Kier alpha value is -2.49. The summed E-state index contributed by atoms with van der Waals surface area (Å²) in [5.74, 6) is 0.265. The van der Waals surface area contributed by atoms with Crippen LogP contribution in [0.4, 0.5) is 23.7 Å². The number of benzene rings is 1. The first-order valence-corrected chi connectivity index (χ1v) is 12.6. The van der Waals surface area contributed by atoms with E-state index >= 15 is 0 Å². The minimum Gasteiger partial charge on any atom is -0.366 e. The van der Waals surface area contributed by atoms with Gasteiger partial charge in [0.05, 0.1) is 12.1 Å². The smallest absolute Gasteiger partial charge is 0.366 e. The van der Waals surface area contributed by atoms with E-state index in [1.165, 1.54) is 10.5 Å². The normalized spacial score (nSPS) is 30.5. The number of nitrogens with zero attached hydrogens (tertiary/aromatic N) is 3. The van der Waals surface area contributed by atoms with Crippen LogP contribution in [0, 0.1) is 5.41 Å². The molecule has 1 saturated carbocycles. The standard InChI is InChI=1S/C25H31F3N4O3/c26-25(27,28)21-2-1-8-32(21)18-5-3-16(4-6-18)17-10-24(11-17)14-31(15-24)23(34)30-9-7-20-19(12-30)29-22(33)13-35-20/h3-6,17,19-21H,1-2,7-15H2,(H,29,33)/t19-,20+,21?/m1/s1. The number of carbonyl (C=O) groups excluding carboxylic acids is 2. The first-order valence-electron chi connectivity index (χ1n) is 12.6. The lowest BCUT2D eigenvalue weighted by atomic mass is 9.56. The van der Waals surface area contributed by atoms with Crippen molar-refractivity contribution >= 4 is 17.6 Å². The van der Waals surface area contributed by atoms with Gasteiger partial charge in [0.25, 0.3) is 0 Å². The summed E-state index contributed by atoms with van der Waals surface area (Å²) < 4.78 is 45.5. The van der Waals surface area contributed by atoms with Crippen LogP contribution in [0.5, 0.6) is 0 Å². The molecule has 4 saturated heterocycles. The number of morpholine rings is 1. The molecule has 5 fully saturated rings. The van der Waals surface area contributed by atoms with Gasteiger partial charge in [0, 0.05) is 43.8 Å². The van der Waals surface area contributed by atoms with Crippen molar-refractivity contribution in [1.29, 1.82) is 0 Å². The van der Waals surface area contributed by atoms with Crippen molar-refractivity contribution in [3.05, 3.63) is 29.8 Å². The second-order valence-electron chi connectivity index (χ2n) is 11.0. The molecule has 0 bridgehead atoms. The highest BCUT2D eigenvalue weighted by atomic mass is 19.4. The SMILES string of the molecule is O=C1CO[C@H]2CCN(C(=O)N3CC4(CC(c5ccc(N6CCCC6C(F)(F)F)cc5)C4)C3)C[C@H]2N1. The van der Waals surface area contributed by atoms with Crippen LogP contribution in [0.1, 0.15) is 43.6 Å². The van der Waals surface area contributed by atoms with Crippen LogP contribution in [0.3, 0.4) is 0 Å². The molecule has 3 amide bonds. The Morgan fingerprint density at radius 3 is 2.51 bits per heavy atom. The van der Waals surface area contributed by atoms with Crippen LogP contribution in [-0.4, -0.2) is 85.4 Å². The minimum atomic E-state index is -4.20. The van der Waals surface area contributed by atoms with Crippen LogP contribution in [0.25, 0.3) is 0 Å². The highest BCUT2D eigenvalue weighted by Gasteiger charge is 2.55. The maximum atomic E-state index is 13.3. The van der Waals surface area contributed by atoms with Gasteiger partial charge in [-0.3, -0.25) is 4.79 Å². The summed E-state index contributed by atoms with van der Waals surface area (Å²) in [6.45, 7) is 3.15. The van der Waals surface area contributed by atoms with Crippen molar-refractivity contribution in [2.45, 2.75) is 62.4 Å². The van der Waals surface area contributed by atoms with E-state index in [1.54, 1.807) is 0 Å². The minimum absolute atomic E-state index is 0.0110. The second-order valence-corrected chi connectivity index (χ2v) is 11.0. The van der Waals surface area contributed by atoms with Gasteiger partial charge < -0.3 is 24.8 Å². The van der Waals surface area contributed by atoms with Crippen molar-refractivity contribution < 1.29 is 27.5 Å². The zero-order valence-corrected chi connectivity index (χ0v) is 19.6. The van der Waals surface area contributed by atoms with Crippen LogP contribution < -0.4 is 10.2 Å². The van der Waals surface area contributed by atoms with E-state index in [0.29, 0.717) is 37.7 Å². The molecule has 1 aliphatic carbocycles. The average Bonchev–Trinajstić information content (AvgIpc) is 3.28. The summed E-state index contributed by atoms with van der Waals surface area (Å²) in [6.07, 6.45) is -0.756. The Labute approximate surface area is 202 Å². The number of ether oxygens (including phenoxy) is 1. The molecular weight excluding hydrogens is 461 g/mol. The van der Waals surface area contributed by atoms with E-state index < -0.39 is 12.2 Å². The van der Waals surface area contributed by atoms with Crippen LogP contribution in [0.2, 0.25) is 0 Å². The predicted molar refractivity (Wildman–Crippen MR) is 122 cm³/mol. The lowest BCUT2D eigenvalue weighted by molar-refractivity contribution is -0.146. The molecule has 1 aromatic carbocycles. The molecule has 0 aromatic heterocycles. The second kappa shape index (κ2) is 8.28. The molecule has 10 heteroatoms. The zero-order chi connectivity index (χ0) is 24.4. The number of nitrogens with one attached hydrogen (secondary N) is 1. The molecule has 1 unspecified atom stereocenters. The summed E-state index contributed by atoms with van der Waals surface area (Å²) in [5, 5.41) is 2.94. The van der Waals surface area contributed by atoms with Crippen LogP contribution in [-0.2, 0) is 9.53 Å². The number of rotatable bonds is 2. The molecule has 5 aliphatic rings. The molecule has 3 atom stereocenters. The number of anilines is 1. The third-order valence-corrected chi connectivity index (χ3v) is 8.60. The number of piperidine rings is 1. The van der Waals surface area contributed by atoms with Crippen LogP contribution >= 0.6 is 0 Å². The number of hydrogen-bond donors (Lipinski definition) is 1. The quantitative estimate of drug-likeness (QED) is 0.689. The summed E-state index contributed by atoms with van der Waals surface area (Å²) in [4.78, 5) is 29.8. The predicted octanol–water partition coefficient (Wildman–Crippen LogP) is 3.11. The fourth-order valence-electron chi connectivity index (χ4n) is 6.81. The number of likely N-dealkylation sites (tertiary alicyclic amines) is 2. The lowest BCUT2D eigenvalue weighted by Crippen LogP contribution is -2.68. The number of amides is 3. The van der Waals surface area contributed by atoms with Crippen LogP contribution in [0.15, 0.2) is 24.3 Å². The summed E-state index contributed by atoms with van der Waals surface area (Å²) in [5.41, 5.74) is 1.98. The van der Waals surface area contributed by atoms with Gasteiger partial charge in [-0.1, -0.05) is 12.1 Å². The lowest BCUT2D eigenvalue weighted by Gasteiger charge is -2.60. The number of fused-ring (bicyclic) bond motifs is 1. The Balaban J connectivity index is 1.00. The number of alkyl halides is 3. The molecule has 4 aliphatic heterocycles. The number of halogens is 3. The number of carbonyl (C=O) groups is 2. The van der Waals surface area contributed by atoms with Crippen molar-refractivity contribution in [2.24, 2.45) is 5.41 Å². The summed E-state index contributed by atoms with van der Waals surface area (Å²) >= 11 is 0. The number of urea groups is 1. The first-order chi connectivity index (χ1) is 16.7. The van der Waals surface area contributed by atoms with Crippen molar-refractivity contribution in [3.63, 3.8) is 0 Å². The van der Waals surface area contributed by atoms with E-state index in [2.05, 4.69) is 5.32 Å². The van der Waals surface area contributed by atoms with E-state index in [1.807, 2.05) is 34.1 Å². The van der Waals surface area contributed by atoms with E-state index in [0.717, 1.165) is 32.4 Å². The van der Waals surface area contributed by atoms with Gasteiger partial charge in [-0.25, -0.2) is 4.79 Å². The van der Waals surface area contributed by atoms with Gasteiger partial charge in [-0.05, 0) is 55.7 Å². The maximum Gasteiger partial charge on any atom is 0.408 e. The summed E-state index contributed by atoms with van der Waals surface area (Å²) in [7, 11) is 0. The number of hydrogen-bond acceptors (Lipinski definition) is 4. The maximum absolute atomic E-state index is 13.3. The third kappa shape index (κ3) is 4.13. The van der Waals surface area contributed by atoms with Gasteiger partial charge in [0.15, 0.2) is 0 Å². The van der Waals surface area contributed by atoms with E-state index in [4.69, 9.17) is 4.74 Å². The Morgan fingerprint density at radius 1 is 1.06 bits per heavy atom. The van der Waals surface area contributed by atoms with Gasteiger partial charge in [-0.15, -0.1) is 0 Å². The molecule has 35 heavy (non-hydrogen) atoms. The Bertz CT molecular complexity index is 987. The summed E-state index contributed by atoms with van der Waals surface area (Å²) in [6, 6.07) is 6.14. The zero-order valence-electron chi connectivity index (χ0n) is 19.6. The Kier molecular flexibility index (Phi) is 5.43. The third-order valence-electron chi connectivity index (χ3n) is 8.60. The molecule has 1 aromatic rings. The van der Waals surface area contributed by atoms with Crippen molar-refractivity contribution in [1.82, 2.24) is 15.1 Å².